The lowest BCUT2D eigenvalue weighted by Crippen LogP contribution is -2.31. The van der Waals surface area contributed by atoms with Crippen molar-refractivity contribution in [2.24, 2.45) is 0 Å². The maximum absolute atomic E-state index is 13.1. The normalized spacial score (nSPS) is 11.0. The van der Waals surface area contributed by atoms with E-state index in [1.807, 2.05) is 62.4 Å². The van der Waals surface area contributed by atoms with E-state index in [1.54, 1.807) is 17.8 Å². The van der Waals surface area contributed by atoms with Crippen LogP contribution in [0, 0.1) is 20.8 Å². The van der Waals surface area contributed by atoms with Crippen LogP contribution in [0.1, 0.15) is 16.8 Å². The largest absolute Gasteiger partial charge is 0.324 e. The van der Waals surface area contributed by atoms with Crippen molar-refractivity contribution in [1.29, 1.82) is 0 Å². The van der Waals surface area contributed by atoms with Gasteiger partial charge in [0.25, 0.3) is 5.56 Å². The van der Waals surface area contributed by atoms with Crippen molar-refractivity contribution in [1.82, 2.24) is 19.6 Å². The van der Waals surface area contributed by atoms with Gasteiger partial charge in [-0.1, -0.05) is 30.3 Å². The second kappa shape index (κ2) is 7.35. The van der Waals surface area contributed by atoms with Crippen molar-refractivity contribution in [3.63, 3.8) is 0 Å². The molecule has 1 amide bonds. The van der Waals surface area contributed by atoms with Crippen LogP contribution in [0.3, 0.4) is 0 Å². The molecule has 0 saturated carbocycles. The van der Waals surface area contributed by atoms with Crippen LogP contribution < -0.4 is 10.9 Å². The Balaban J connectivity index is 1.71. The Hall–Kier alpha value is -3.74. The Kier molecular flexibility index (Phi) is 4.72. The van der Waals surface area contributed by atoms with E-state index in [-0.39, 0.29) is 18.0 Å². The first-order chi connectivity index (χ1) is 13.9. The van der Waals surface area contributed by atoms with Gasteiger partial charge in [-0.15, -0.1) is 0 Å². The third kappa shape index (κ3) is 3.54. The fourth-order valence-corrected chi connectivity index (χ4v) is 3.29. The van der Waals surface area contributed by atoms with E-state index in [2.05, 4.69) is 15.5 Å². The molecule has 2 aromatic heterocycles. The first-order valence-corrected chi connectivity index (χ1v) is 9.32. The first kappa shape index (κ1) is 18.6. The topological polar surface area (TPSA) is 81.8 Å². The molecular weight excluding hydrogens is 366 g/mol. The molecule has 7 heteroatoms. The molecule has 0 aliphatic rings. The number of aromatic nitrogens is 4. The van der Waals surface area contributed by atoms with Crippen molar-refractivity contribution in [3.05, 3.63) is 81.9 Å². The molecule has 0 spiro atoms. The molecule has 0 bridgehead atoms. The third-order valence-electron chi connectivity index (χ3n) is 4.83. The molecule has 29 heavy (non-hydrogen) atoms. The van der Waals surface area contributed by atoms with Gasteiger partial charge in [-0.2, -0.15) is 10.2 Å². The van der Waals surface area contributed by atoms with E-state index in [9.17, 15) is 9.59 Å². The van der Waals surface area contributed by atoms with Gasteiger partial charge in [-0.05, 0) is 50.1 Å². The minimum atomic E-state index is -0.358. The minimum Gasteiger partial charge on any atom is -0.324 e. The van der Waals surface area contributed by atoms with Crippen LogP contribution in [-0.4, -0.2) is 25.5 Å². The zero-order valence-electron chi connectivity index (χ0n) is 16.5. The summed E-state index contributed by atoms with van der Waals surface area (Å²) in [5, 5.41) is 12.2. The quantitative estimate of drug-likeness (QED) is 0.583. The van der Waals surface area contributed by atoms with E-state index < -0.39 is 0 Å². The Morgan fingerprint density at radius 1 is 1.07 bits per heavy atom. The Bertz CT molecular complexity index is 1270. The number of hydrogen-bond donors (Lipinski definition) is 1. The van der Waals surface area contributed by atoms with Gasteiger partial charge in [0.1, 0.15) is 12.1 Å². The summed E-state index contributed by atoms with van der Waals surface area (Å²) in [6, 6.07) is 15.3. The maximum Gasteiger partial charge on any atom is 0.293 e. The van der Waals surface area contributed by atoms with Crippen LogP contribution in [-0.2, 0) is 11.3 Å². The zero-order valence-corrected chi connectivity index (χ0v) is 16.5. The molecule has 0 fully saturated rings. The molecule has 0 atom stereocenters. The monoisotopic (exact) mass is 387 g/mol. The van der Waals surface area contributed by atoms with Crippen LogP contribution in [0.4, 0.5) is 5.69 Å². The molecule has 2 aromatic carbocycles. The summed E-state index contributed by atoms with van der Waals surface area (Å²) in [7, 11) is 0. The predicted molar refractivity (Wildman–Crippen MR) is 112 cm³/mol. The zero-order chi connectivity index (χ0) is 20.5. The summed E-state index contributed by atoms with van der Waals surface area (Å²) in [4.78, 5) is 25.7. The smallest absolute Gasteiger partial charge is 0.293 e. The van der Waals surface area contributed by atoms with Crippen molar-refractivity contribution in [2.75, 3.05) is 5.32 Å². The fourth-order valence-electron chi connectivity index (χ4n) is 3.29. The van der Waals surface area contributed by atoms with Crippen LogP contribution in [0.5, 0.6) is 0 Å². The van der Waals surface area contributed by atoms with E-state index in [1.165, 1.54) is 4.68 Å². The number of anilines is 1. The average molecular weight is 387 g/mol. The van der Waals surface area contributed by atoms with Crippen LogP contribution in [0.15, 0.2) is 59.5 Å². The van der Waals surface area contributed by atoms with Gasteiger partial charge >= 0.3 is 0 Å². The standard InChI is InChI=1S/C22H21N5O2/c1-14-9-10-15(2)19(11-14)24-20(28)13-26-22(29)21-18(16(3)25-26)12-23-27(21)17-7-5-4-6-8-17/h4-12H,13H2,1-3H3,(H,24,28). The summed E-state index contributed by atoms with van der Waals surface area (Å²) < 4.78 is 2.78. The molecule has 4 rings (SSSR count). The lowest BCUT2D eigenvalue weighted by molar-refractivity contribution is -0.117. The summed E-state index contributed by atoms with van der Waals surface area (Å²) in [5.41, 5.74) is 4.20. The minimum absolute atomic E-state index is 0.178. The molecule has 7 nitrogen and oxygen atoms in total. The van der Waals surface area contributed by atoms with E-state index in [4.69, 9.17) is 0 Å². The van der Waals surface area contributed by atoms with Gasteiger partial charge in [0, 0.05) is 11.1 Å². The van der Waals surface area contributed by atoms with Gasteiger partial charge in [-0.25, -0.2) is 9.36 Å². The molecule has 0 aliphatic heterocycles. The van der Waals surface area contributed by atoms with Crippen LogP contribution in [0.25, 0.3) is 16.6 Å². The maximum atomic E-state index is 13.1. The highest BCUT2D eigenvalue weighted by molar-refractivity contribution is 5.91. The highest BCUT2D eigenvalue weighted by atomic mass is 16.2. The van der Waals surface area contributed by atoms with Gasteiger partial charge in [0.2, 0.25) is 5.91 Å². The summed E-state index contributed by atoms with van der Waals surface area (Å²) >= 11 is 0. The third-order valence-corrected chi connectivity index (χ3v) is 4.83. The molecular formula is C22H21N5O2. The van der Waals surface area contributed by atoms with Crippen LogP contribution in [0.2, 0.25) is 0 Å². The molecule has 1 N–H and O–H groups in total. The molecule has 2 heterocycles. The first-order valence-electron chi connectivity index (χ1n) is 9.32. The number of carbonyl (C=O) groups excluding carboxylic acids is 1. The highest BCUT2D eigenvalue weighted by Gasteiger charge is 2.17. The number of para-hydroxylation sites is 1. The Morgan fingerprint density at radius 2 is 1.83 bits per heavy atom. The van der Waals surface area contributed by atoms with Gasteiger partial charge in [0.05, 0.1) is 17.6 Å². The summed E-state index contributed by atoms with van der Waals surface area (Å²) in [6.07, 6.45) is 1.63. The number of amides is 1. The van der Waals surface area contributed by atoms with Gasteiger partial charge in [-0.3, -0.25) is 9.59 Å². The van der Waals surface area contributed by atoms with E-state index in [0.717, 1.165) is 22.5 Å². The van der Waals surface area contributed by atoms with Crippen molar-refractivity contribution in [3.8, 4) is 5.69 Å². The van der Waals surface area contributed by atoms with Gasteiger partial charge < -0.3 is 5.32 Å². The van der Waals surface area contributed by atoms with Crippen LogP contribution >= 0.6 is 0 Å². The fraction of sp³-hybridized carbons (Fsp3) is 0.182. The number of benzene rings is 2. The Labute approximate surface area is 167 Å². The Morgan fingerprint density at radius 3 is 2.59 bits per heavy atom. The molecule has 0 unspecified atom stereocenters. The second-order valence-corrected chi connectivity index (χ2v) is 7.07. The number of carbonyl (C=O) groups is 1. The summed E-state index contributed by atoms with van der Waals surface area (Å²) in [6.45, 7) is 5.51. The van der Waals surface area contributed by atoms with Crippen molar-refractivity contribution < 1.29 is 4.79 Å². The number of nitrogens with zero attached hydrogens (tertiary/aromatic N) is 4. The lowest BCUT2D eigenvalue weighted by atomic mass is 10.1. The number of rotatable bonds is 4. The molecule has 0 aliphatic carbocycles. The van der Waals surface area contributed by atoms with Gasteiger partial charge in [0.15, 0.2) is 0 Å². The molecule has 4 aromatic rings. The average Bonchev–Trinajstić information content (AvgIpc) is 3.15. The molecule has 0 saturated heterocycles. The lowest BCUT2D eigenvalue weighted by Gasteiger charge is -2.11. The predicted octanol–water partition coefficient (Wildman–Crippen LogP) is 3.15. The number of fused-ring (bicyclic) bond motifs is 1. The second-order valence-electron chi connectivity index (χ2n) is 7.07. The SMILES string of the molecule is Cc1ccc(C)c(NC(=O)Cn2nc(C)c3cnn(-c4ccccc4)c3c2=O)c1. The van der Waals surface area contributed by atoms with E-state index in [0.29, 0.717) is 16.6 Å². The summed E-state index contributed by atoms with van der Waals surface area (Å²) in [5.74, 6) is -0.308. The number of hydrogen-bond acceptors (Lipinski definition) is 4. The van der Waals surface area contributed by atoms with Crippen molar-refractivity contribution >= 4 is 22.5 Å². The number of aryl methyl sites for hydroxylation is 3. The van der Waals surface area contributed by atoms with Crippen molar-refractivity contribution in [2.45, 2.75) is 27.3 Å². The molecule has 0 radical (unpaired) electrons. The highest BCUT2D eigenvalue weighted by Crippen LogP contribution is 2.18. The molecule has 146 valence electrons. The van der Waals surface area contributed by atoms with E-state index >= 15 is 0 Å². The number of nitrogens with one attached hydrogen (secondary N) is 1.